The van der Waals surface area contributed by atoms with Crippen LogP contribution in [0.1, 0.15) is 66.7 Å². The zero-order chi connectivity index (χ0) is 17.0. The SMILES string of the molecule is CC(C)C(=O)N1CCC2(CCN(CCC(C)C(C)C)CC2)CC1. The van der Waals surface area contributed by atoms with Crippen LogP contribution in [0.3, 0.4) is 0 Å². The van der Waals surface area contributed by atoms with Crippen LogP contribution in [-0.2, 0) is 4.79 Å². The van der Waals surface area contributed by atoms with Crippen LogP contribution in [0.5, 0.6) is 0 Å². The van der Waals surface area contributed by atoms with E-state index in [0.717, 1.165) is 24.9 Å². The summed E-state index contributed by atoms with van der Waals surface area (Å²) in [7, 11) is 0. The van der Waals surface area contributed by atoms with Crippen molar-refractivity contribution in [2.45, 2.75) is 66.7 Å². The van der Waals surface area contributed by atoms with Crippen molar-refractivity contribution in [1.29, 1.82) is 0 Å². The average molecular weight is 323 g/mol. The maximum absolute atomic E-state index is 12.1. The molecule has 23 heavy (non-hydrogen) atoms. The standard InChI is InChI=1S/C20H38N2O/c1-16(2)18(5)6-11-21-12-7-20(8-13-21)9-14-22(15-10-20)19(23)17(3)4/h16-18H,6-15H2,1-5H3. The molecule has 0 aromatic carbocycles. The Kier molecular flexibility index (Phi) is 6.53. The van der Waals surface area contributed by atoms with E-state index in [0.29, 0.717) is 11.3 Å². The van der Waals surface area contributed by atoms with Crippen molar-refractivity contribution < 1.29 is 4.79 Å². The Balaban J connectivity index is 1.73. The molecule has 0 aliphatic carbocycles. The van der Waals surface area contributed by atoms with Crippen LogP contribution in [-0.4, -0.2) is 48.4 Å². The highest BCUT2D eigenvalue weighted by molar-refractivity contribution is 5.78. The lowest BCUT2D eigenvalue weighted by molar-refractivity contribution is -0.137. The lowest BCUT2D eigenvalue weighted by atomic mass is 9.71. The fourth-order valence-electron chi connectivity index (χ4n) is 4.04. The molecular formula is C20H38N2O. The molecular weight excluding hydrogens is 284 g/mol. The quantitative estimate of drug-likeness (QED) is 0.763. The molecule has 1 amide bonds. The van der Waals surface area contributed by atoms with E-state index in [9.17, 15) is 4.79 Å². The predicted molar refractivity (Wildman–Crippen MR) is 97.4 cm³/mol. The van der Waals surface area contributed by atoms with E-state index in [1.54, 1.807) is 0 Å². The van der Waals surface area contributed by atoms with Crippen molar-refractivity contribution in [3.05, 3.63) is 0 Å². The van der Waals surface area contributed by atoms with Crippen molar-refractivity contribution in [3.8, 4) is 0 Å². The van der Waals surface area contributed by atoms with E-state index in [1.165, 1.54) is 51.7 Å². The van der Waals surface area contributed by atoms with Crippen LogP contribution >= 0.6 is 0 Å². The molecule has 0 aromatic heterocycles. The molecule has 3 heteroatoms. The van der Waals surface area contributed by atoms with Gasteiger partial charge in [-0.1, -0.05) is 34.6 Å². The molecule has 1 atom stereocenters. The number of hydrogen-bond acceptors (Lipinski definition) is 2. The van der Waals surface area contributed by atoms with E-state index in [-0.39, 0.29) is 5.92 Å². The van der Waals surface area contributed by atoms with E-state index in [1.807, 2.05) is 13.8 Å². The van der Waals surface area contributed by atoms with Gasteiger partial charge in [0.1, 0.15) is 0 Å². The van der Waals surface area contributed by atoms with E-state index in [2.05, 4.69) is 30.6 Å². The summed E-state index contributed by atoms with van der Waals surface area (Å²) < 4.78 is 0. The van der Waals surface area contributed by atoms with Crippen molar-refractivity contribution >= 4 is 5.91 Å². The first-order valence-corrected chi connectivity index (χ1v) is 9.84. The van der Waals surface area contributed by atoms with Crippen molar-refractivity contribution in [2.24, 2.45) is 23.2 Å². The fraction of sp³-hybridized carbons (Fsp3) is 0.950. The predicted octanol–water partition coefficient (Wildman–Crippen LogP) is 4.03. The van der Waals surface area contributed by atoms with Crippen molar-refractivity contribution in [3.63, 3.8) is 0 Å². The second-order valence-electron chi connectivity index (χ2n) is 8.83. The van der Waals surface area contributed by atoms with Gasteiger partial charge in [-0.15, -0.1) is 0 Å². The van der Waals surface area contributed by atoms with Gasteiger partial charge in [-0.05, 0) is 69.0 Å². The van der Waals surface area contributed by atoms with Crippen molar-refractivity contribution in [1.82, 2.24) is 9.80 Å². The van der Waals surface area contributed by atoms with Gasteiger partial charge < -0.3 is 9.80 Å². The second kappa shape index (κ2) is 8.00. The zero-order valence-electron chi connectivity index (χ0n) is 16.1. The Morgan fingerprint density at radius 2 is 1.43 bits per heavy atom. The molecule has 134 valence electrons. The summed E-state index contributed by atoms with van der Waals surface area (Å²) in [4.78, 5) is 16.9. The highest BCUT2D eigenvalue weighted by Crippen LogP contribution is 2.41. The Morgan fingerprint density at radius 3 is 1.91 bits per heavy atom. The maximum Gasteiger partial charge on any atom is 0.225 e. The molecule has 3 nitrogen and oxygen atoms in total. The summed E-state index contributed by atoms with van der Waals surface area (Å²) in [5.41, 5.74) is 0.536. The first-order valence-electron chi connectivity index (χ1n) is 9.84. The minimum Gasteiger partial charge on any atom is -0.342 e. The van der Waals surface area contributed by atoms with Gasteiger partial charge in [0.15, 0.2) is 0 Å². The molecule has 2 aliphatic heterocycles. The van der Waals surface area contributed by atoms with Crippen LogP contribution in [0.2, 0.25) is 0 Å². The molecule has 1 unspecified atom stereocenters. The molecule has 0 saturated carbocycles. The van der Waals surface area contributed by atoms with Gasteiger partial charge in [-0.2, -0.15) is 0 Å². The summed E-state index contributed by atoms with van der Waals surface area (Å²) in [6.07, 6.45) is 6.46. The van der Waals surface area contributed by atoms with Gasteiger partial charge in [0.2, 0.25) is 5.91 Å². The van der Waals surface area contributed by atoms with E-state index >= 15 is 0 Å². The van der Waals surface area contributed by atoms with Gasteiger partial charge in [0.05, 0.1) is 0 Å². The summed E-state index contributed by atoms with van der Waals surface area (Å²) in [6, 6.07) is 0. The molecule has 2 heterocycles. The highest BCUT2D eigenvalue weighted by atomic mass is 16.2. The number of rotatable bonds is 5. The summed E-state index contributed by atoms with van der Waals surface area (Å²) in [5.74, 6) is 2.12. The lowest BCUT2D eigenvalue weighted by Crippen LogP contribution is -2.49. The number of nitrogens with zero attached hydrogens (tertiary/aromatic N) is 2. The molecule has 0 bridgehead atoms. The molecule has 1 spiro atoms. The number of carbonyl (C=O) groups is 1. The Hall–Kier alpha value is -0.570. The Bertz CT molecular complexity index is 373. The topological polar surface area (TPSA) is 23.6 Å². The maximum atomic E-state index is 12.1. The van der Waals surface area contributed by atoms with Crippen molar-refractivity contribution in [2.75, 3.05) is 32.7 Å². The molecule has 2 fully saturated rings. The molecule has 2 aliphatic rings. The van der Waals surface area contributed by atoms with Gasteiger partial charge in [-0.3, -0.25) is 4.79 Å². The van der Waals surface area contributed by atoms with E-state index in [4.69, 9.17) is 0 Å². The number of amides is 1. The van der Waals surface area contributed by atoms with Gasteiger partial charge >= 0.3 is 0 Å². The van der Waals surface area contributed by atoms with Crippen LogP contribution in [0.15, 0.2) is 0 Å². The van der Waals surface area contributed by atoms with Gasteiger partial charge in [0.25, 0.3) is 0 Å². The molecule has 0 N–H and O–H groups in total. The normalized spacial score (nSPS) is 23.7. The average Bonchev–Trinajstić information content (AvgIpc) is 2.54. The Morgan fingerprint density at radius 1 is 0.913 bits per heavy atom. The number of likely N-dealkylation sites (tertiary alicyclic amines) is 2. The van der Waals surface area contributed by atoms with Crippen LogP contribution in [0, 0.1) is 23.2 Å². The van der Waals surface area contributed by atoms with Gasteiger partial charge in [0, 0.05) is 19.0 Å². The minimum atomic E-state index is 0.147. The molecule has 0 aromatic rings. The molecule has 0 radical (unpaired) electrons. The third-order valence-electron chi connectivity index (χ3n) is 6.59. The number of carbonyl (C=O) groups excluding carboxylic acids is 1. The van der Waals surface area contributed by atoms with Gasteiger partial charge in [-0.25, -0.2) is 0 Å². The fourth-order valence-corrected chi connectivity index (χ4v) is 4.04. The summed E-state index contributed by atoms with van der Waals surface area (Å²) >= 11 is 0. The lowest BCUT2D eigenvalue weighted by Gasteiger charge is -2.47. The summed E-state index contributed by atoms with van der Waals surface area (Å²) in [6.45, 7) is 16.9. The third-order valence-corrected chi connectivity index (χ3v) is 6.59. The largest absolute Gasteiger partial charge is 0.342 e. The highest BCUT2D eigenvalue weighted by Gasteiger charge is 2.38. The molecule has 2 saturated heterocycles. The smallest absolute Gasteiger partial charge is 0.225 e. The van der Waals surface area contributed by atoms with Crippen LogP contribution < -0.4 is 0 Å². The zero-order valence-corrected chi connectivity index (χ0v) is 16.1. The van der Waals surface area contributed by atoms with Crippen LogP contribution in [0.25, 0.3) is 0 Å². The summed E-state index contributed by atoms with van der Waals surface area (Å²) in [5, 5.41) is 0. The van der Waals surface area contributed by atoms with E-state index < -0.39 is 0 Å². The first-order chi connectivity index (χ1) is 10.8. The Labute approximate surface area is 143 Å². The number of hydrogen-bond donors (Lipinski definition) is 0. The minimum absolute atomic E-state index is 0.147. The second-order valence-corrected chi connectivity index (χ2v) is 8.83. The third kappa shape index (κ3) is 4.95. The first kappa shape index (κ1) is 18.8. The monoisotopic (exact) mass is 322 g/mol. The van der Waals surface area contributed by atoms with Crippen LogP contribution in [0.4, 0.5) is 0 Å². The number of piperidine rings is 2. The molecule has 2 rings (SSSR count).